The molecule has 1 N–H and O–H groups in total. The standard InChI is InChI=1S/C14H10ClF3N2O/c15-10-5-6-19-13-12(10)20-7-11(21-13)8-1-3-9(4-2-8)14(16,17)18/h1-6,11,20H,7H2. The van der Waals surface area contributed by atoms with Crippen molar-refractivity contribution in [1.82, 2.24) is 4.98 Å². The average Bonchev–Trinajstić information content (AvgIpc) is 2.46. The fourth-order valence-corrected chi connectivity index (χ4v) is 2.32. The van der Waals surface area contributed by atoms with Crippen LogP contribution in [-0.4, -0.2) is 11.5 Å². The number of halogens is 4. The van der Waals surface area contributed by atoms with Gasteiger partial charge in [-0.25, -0.2) is 4.98 Å². The fraction of sp³-hybridized carbons (Fsp3) is 0.214. The van der Waals surface area contributed by atoms with Gasteiger partial charge in [-0.05, 0) is 23.8 Å². The molecule has 0 saturated carbocycles. The van der Waals surface area contributed by atoms with Gasteiger partial charge in [0.2, 0.25) is 5.88 Å². The normalized spacial score (nSPS) is 17.6. The highest BCUT2D eigenvalue weighted by Gasteiger charge is 2.31. The molecule has 1 aromatic heterocycles. The zero-order valence-corrected chi connectivity index (χ0v) is 11.4. The molecule has 1 aliphatic heterocycles. The summed E-state index contributed by atoms with van der Waals surface area (Å²) in [5.74, 6) is 0.346. The summed E-state index contributed by atoms with van der Waals surface area (Å²) in [6.45, 7) is 0.407. The van der Waals surface area contributed by atoms with Crippen LogP contribution in [0.3, 0.4) is 0 Å². The van der Waals surface area contributed by atoms with Crippen molar-refractivity contribution >= 4 is 17.3 Å². The van der Waals surface area contributed by atoms with Crippen molar-refractivity contribution < 1.29 is 17.9 Å². The Morgan fingerprint density at radius 3 is 2.57 bits per heavy atom. The summed E-state index contributed by atoms with van der Waals surface area (Å²) in [7, 11) is 0. The Hall–Kier alpha value is -1.95. The van der Waals surface area contributed by atoms with Crippen LogP contribution in [0.25, 0.3) is 0 Å². The van der Waals surface area contributed by atoms with E-state index in [0.29, 0.717) is 28.7 Å². The number of pyridine rings is 1. The molecule has 0 amide bonds. The summed E-state index contributed by atoms with van der Waals surface area (Å²) in [6, 6.07) is 6.53. The van der Waals surface area contributed by atoms with Crippen molar-refractivity contribution in [2.45, 2.75) is 12.3 Å². The first kappa shape index (κ1) is 14.0. The minimum absolute atomic E-state index is 0.346. The molecule has 1 aromatic carbocycles. The highest BCUT2D eigenvalue weighted by Crippen LogP contribution is 2.37. The number of nitrogens with one attached hydrogen (secondary N) is 1. The zero-order chi connectivity index (χ0) is 15.0. The van der Waals surface area contributed by atoms with E-state index < -0.39 is 17.8 Å². The topological polar surface area (TPSA) is 34.2 Å². The summed E-state index contributed by atoms with van der Waals surface area (Å²) >= 11 is 6.00. The first-order valence-electron chi connectivity index (χ1n) is 6.17. The number of ether oxygens (including phenoxy) is 1. The smallest absolute Gasteiger partial charge is 0.416 e. The fourth-order valence-electron chi connectivity index (χ4n) is 2.11. The van der Waals surface area contributed by atoms with Gasteiger partial charge in [-0.15, -0.1) is 0 Å². The molecule has 110 valence electrons. The Morgan fingerprint density at radius 2 is 1.90 bits per heavy atom. The second-order valence-corrected chi connectivity index (χ2v) is 4.99. The van der Waals surface area contributed by atoms with Gasteiger partial charge < -0.3 is 10.1 Å². The molecule has 1 aliphatic rings. The van der Waals surface area contributed by atoms with Crippen LogP contribution in [0, 0.1) is 0 Å². The molecule has 1 unspecified atom stereocenters. The third-order valence-electron chi connectivity index (χ3n) is 3.19. The summed E-state index contributed by atoms with van der Waals surface area (Å²) in [6.07, 6.45) is -3.24. The van der Waals surface area contributed by atoms with Gasteiger partial charge in [0.15, 0.2) is 0 Å². The molecule has 0 saturated heterocycles. The van der Waals surface area contributed by atoms with Crippen molar-refractivity contribution in [1.29, 1.82) is 0 Å². The summed E-state index contributed by atoms with van der Waals surface area (Å²) in [4.78, 5) is 4.06. The highest BCUT2D eigenvalue weighted by molar-refractivity contribution is 6.33. The predicted octanol–water partition coefficient (Wildman–Crippen LogP) is 4.30. The maximum Gasteiger partial charge on any atom is 0.416 e. The molecule has 0 aliphatic carbocycles. The van der Waals surface area contributed by atoms with Gasteiger partial charge >= 0.3 is 6.18 Å². The molecule has 0 spiro atoms. The van der Waals surface area contributed by atoms with Crippen molar-refractivity contribution in [3.8, 4) is 5.88 Å². The molecular formula is C14H10ClF3N2O. The van der Waals surface area contributed by atoms with Gasteiger partial charge in [-0.2, -0.15) is 13.2 Å². The van der Waals surface area contributed by atoms with Crippen molar-refractivity contribution in [3.63, 3.8) is 0 Å². The molecule has 0 radical (unpaired) electrons. The molecule has 21 heavy (non-hydrogen) atoms. The van der Waals surface area contributed by atoms with E-state index in [4.69, 9.17) is 16.3 Å². The van der Waals surface area contributed by atoms with Crippen LogP contribution in [0.5, 0.6) is 5.88 Å². The molecule has 2 heterocycles. The second kappa shape index (κ2) is 5.11. The molecule has 3 nitrogen and oxygen atoms in total. The van der Waals surface area contributed by atoms with E-state index in [2.05, 4.69) is 10.3 Å². The SMILES string of the molecule is FC(F)(F)c1ccc(C2CNc3c(Cl)ccnc3O2)cc1. The van der Waals surface area contributed by atoms with E-state index in [9.17, 15) is 13.2 Å². The molecule has 0 bridgehead atoms. The zero-order valence-electron chi connectivity index (χ0n) is 10.6. The Kier molecular flexibility index (Phi) is 3.41. The molecular weight excluding hydrogens is 305 g/mol. The lowest BCUT2D eigenvalue weighted by Crippen LogP contribution is -2.24. The van der Waals surface area contributed by atoms with Gasteiger partial charge in [0.25, 0.3) is 0 Å². The lowest BCUT2D eigenvalue weighted by molar-refractivity contribution is -0.137. The minimum Gasteiger partial charge on any atom is -0.466 e. The number of hydrogen-bond donors (Lipinski definition) is 1. The average molecular weight is 315 g/mol. The maximum atomic E-state index is 12.5. The number of alkyl halides is 3. The lowest BCUT2D eigenvalue weighted by Gasteiger charge is -2.27. The van der Waals surface area contributed by atoms with Crippen LogP contribution >= 0.6 is 11.6 Å². The van der Waals surface area contributed by atoms with Gasteiger partial charge in [-0.1, -0.05) is 23.7 Å². The van der Waals surface area contributed by atoms with E-state index >= 15 is 0 Å². The monoisotopic (exact) mass is 314 g/mol. The minimum atomic E-state index is -4.34. The van der Waals surface area contributed by atoms with Crippen LogP contribution in [-0.2, 0) is 6.18 Å². The van der Waals surface area contributed by atoms with Crippen molar-refractivity contribution in [3.05, 3.63) is 52.7 Å². The van der Waals surface area contributed by atoms with E-state index in [1.807, 2.05) is 0 Å². The number of fused-ring (bicyclic) bond motifs is 1. The van der Waals surface area contributed by atoms with Crippen LogP contribution in [0.15, 0.2) is 36.5 Å². The van der Waals surface area contributed by atoms with Gasteiger partial charge in [0.05, 0.1) is 17.1 Å². The predicted molar refractivity (Wildman–Crippen MR) is 72.5 cm³/mol. The van der Waals surface area contributed by atoms with E-state index in [0.717, 1.165) is 12.1 Å². The van der Waals surface area contributed by atoms with E-state index in [1.165, 1.54) is 18.3 Å². The Balaban J connectivity index is 1.83. The summed E-state index contributed by atoms with van der Waals surface area (Å²) in [5.41, 5.74) is 0.557. The quantitative estimate of drug-likeness (QED) is 0.852. The highest BCUT2D eigenvalue weighted by atomic mass is 35.5. The van der Waals surface area contributed by atoms with E-state index in [-0.39, 0.29) is 0 Å². The summed E-state index contributed by atoms with van der Waals surface area (Å²) in [5, 5.41) is 3.57. The van der Waals surface area contributed by atoms with Crippen LogP contribution in [0.1, 0.15) is 17.2 Å². The Morgan fingerprint density at radius 1 is 1.19 bits per heavy atom. The Labute approximate surface area is 123 Å². The number of anilines is 1. The number of nitrogens with zero attached hydrogens (tertiary/aromatic N) is 1. The molecule has 0 fully saturated rings. The molecule has 3 rings (SSSR count). The summed E-state index contributed by atoms with van der Waals surface area (Å²) < 4.78 is 43.3. The van der Waals surface area contributed by atoms with Crippen LogP contribution in [0.4, 0.5) is 18.9 Å². The Bertz CT molecular complexity index is 658. The largest absolute Gasteiger partial charge is 0.466 e. The molecule has 2 aromatic rings. The van der Waals surface area contributed by atoms with Gasteiger partial charge in [0.1, 0.15) is 11.8 Å². The van der Waals surface area contributed by atoms with E-state index in [1.54, 1.807) is 6.07 Å². The maximum absolute atomic E-state index is 12.5. The number of aromatic nitrogens is 1. The van der Waals surface area contributed by atoms with Crippen molar-refractivity contribution in [2.75, 3.05) is 11.9 Å². The molecule has 7 heteroatoms. The second-order valence-electron chi connectivity index (χ2n) is 4.58. The molecule has 1 atom stereocenters. The first-order chi connectivity index (χ1) is 9.95. The van der Waals surface area contributed by atoms with Gasteiger partial charge in [-0.3, -0.25) is 0 Å². The third kappa shape index (κ3) is 2.76. The lowest BCUT2D eigenvalue weighted by atomic mass is 10.1. The van der Waals surface area contributed by atoms with Gasteiger partial charge in [0, 0.05) is 6.20 Å². The van der Waals surface area contributed by atoms with Crippen molar-refractivity contribution in [2.24, 2.45) is 0 Å². The number of benzene rings is 1. The third-order valence-corrected chi connectivity index (χ3v) is 3.51. The number of rotatable bonds is 1. The van der Waals surface area contributed by atoms with Crippen LogP contribution in [0.2, 0.25) is 5.02 Å². The number of hydrogen-bond acceptors (Lipinski definition) is 3. The first-order valence-corrected chi connectivity index (χ1v) is 6.55. The van der Waals surface area contributed by atoms with Crippen LogP contribution < -0.4 is 10.1 Å².